The molecule has 10 heteroatoms. The second-order valence-electron chi connectivity index (χ2n) is 6.04. The number of rotatable bonds is 6. The van der Waals surface area contributed by atoms with Crippen LogP contribution >= 0.6 is 39.0 Å². The van der Waals surface area contributed by atoms with Crippen LogP contribution in [0.2, 0.25) is 0 Å². The first-order valence-corrected chi connectivity index (χ1v) is 10.9. The Morgan fingerprint density at radius 1 is 1.11 bits per heavy atom. The van der Waals surface area contributed by atoms with Gasteiger partial charge in [0.05, 0.1) is 14.4 Å². The molecule has 4 heterocycles. The molecule has 0 bridgehead atoms. The van der Waals surface area contributed by atoms with E-state index in [1.165, 1.54) is 0 Å². The maximum absolute atomic E-state index is 5.79. The molecule has 4 aromatic heterocycles. The highest BCUT2D eigenvalue weighted by Crippen LogP contribution is 2.41. The lowest BCUT2D eigenvalue weighted by molar-refractivity contribution is 0.529. The molecule has 1 aliphatic carbocycles. The van der Waals surface area contributed by atoms with Crippen molar-refractivity contribution in [3.8, 4) is 22.2 Å². The fourth-order valence-corrected chi connectivity index (χ4v) is 4.85. The smallest absolute Gasteiger partial charge is 0.257 e. The lowest BCUT2D eigenvalue weighted by Crippen LogP contribution is -2.00. The Kier molecular flexibility index (Phi) is 4.54. The van der Waals surface area contributed by atoms with E-state index in [-0.39, 0.29) is 0 Å². The molecule has 1 saturated carbocycles. The molecule has 0 unspecified atom stereocenters. The van der Waals surface area contributed by atoms with E-state index >= 15 is 0 Å². The molecule has 1 aliphatic rings. The summed E-state index contributed by atoms with van der Waals surface area (Å²) in [6, 6.07) is 8.32. The monoisotopic (exact) mass is 460 g/mol. The lowest BCUT2D eigenvalue weighted by Gasteiger charge is -2.07. The van der Waals surface area contributed by atoms with Crippen molar-refractivity contribution in [1.82, 2.24) is 29.9 Å². The quantitative estimate of drug-likeness (QED) is 0.380. The van der Waals surface area contributed by atoms with Gasteiger partial charge in [-0.15, -0.1) is 31.7 Å². The van der Waals surface area contributed by atoms with Gasteiger partial charge >= 0.3 is 0 Å². The van der Waals surface area contributed by atoms with Crippen molar-refractivity contribution in [2.75, 3.05) is 0 Å². The molecular formula is C17H13BrN6OS2. The van der Waals surface area contributed by atoms with E-state index in [4.69, 9.17) is 4.42 Å². The largest absolute Gasteiger partial charge is 0.419 e. The fraction of sp³-hybridized carbons (Fsp3) is 0.235. The fourth-order valence-electron chi connectivity index (χ4n) is 2.70. The number of nitrogens with zero attached hydrogens (tertiary/aromatic N) is 6. The first kappa shape index (κ1) is 17.1. The van der Waals surface area contributed by atoms with Crippen molar-refractivity contribution >= 4 is 39.0 Å². The van der Waals surface area contributed by atoms with Crippen molar-refractivity contribution in [3.05, 3.63) is 46.3 Å². The van der Waals surface area contributed by atoms with E-state index < -0.39 is 0 Å². The number of pyridine rings is 1. The van der Waals surface area contributed by atoms with Gasteiger partial charge in [0.1, 0.15) is 0 Å². The van der Waals surface area contributed by atoms with Crippen molar-refractivity contribution in [2.24, 2.45) is 0 Å². The SMILES string of the molecule is Brc1ccc(-c2nnc(CSc3nnc(-c4ccncc4)n3C3CC3)o2)s1. The summed E-state index contributed by atoms with van der Waals surface area (Å²) in [7, 11) is 0. The maximum atomic E-state index is 5.79. The number of thiophene rings is 1. The highest BCUT2D eigenvalue weighted by molar-refractivity contribution is 9.11. The molecule has 0 radical (unpaired) electrons. The summed E-state index contributed by atoms with van der Waals surface area (Å²) < 4.78 is 9.04. The topological polar surface area (TPSA) is 82.5 Å². The molecule has 7 nitrogen and oxygen atoms in total. The molecule has 0 saturated heterocycles. The Hall–Kier alpha value is -2.04. The summed E-state index contributed by atoms with van der Waals surface area (Å²) in [5, 5.41) is 18.0. The Morgan fingerprint density at radius 3 is 2.70 bits per heavy atom. The molecule has 0 spiro atoms. The Bertz CT molecular complexity index is 1070. The average molecular weight is 461 g/mol. The van der Waals surface area contributed by atoms with E-state index in [0.717, 1.165) is 38.0 Å². The molecule has 0 aliphatic heterocycles. The average Bonchev–Trinajstić information content (AvgIpc) is 3.09. The van der Waals surface area contributed by atoms with Crippen molar-refractivity contribution in [2.45, 2.75) is 29.8 Å². The van der Waals surface area contributed by atoms with Gasteiger partial charge in [0, 0.05) is 24.0 Å². The third-order valence-corrected chi connectivity index (χ3v) is 6.63. The van der Waals surface area contributed by atoms with E-state index in [9.17, 15) is 0 Å². The highest BCUT2D eigenvalue weighted by atomic mass is 79.9. The van der Waals surface area contributed by atoms with Crippen molar-refractivity contribution < 1.29 is 4.42 Å². The van der Waals surface area contributed by atoms with Crippen LogP contribution in [0.1, 0.15) is 24.8 Å². The predicted octanol–water partition coefficient (Wildman–Crippen LogP) is 4.84. The zero-order chi connectivity index (χ0) is 18.2. The number of aromatic nitrogens is 6. The normalized spacial score (nSPS) is 14.0. The first-order chi connectivity index (χ1) is 13.3. The van der Waals surface area contributed by atoms with Crippen LogP contribution in [0.25, 0.3) is 22.2 Å². The molecule has 0 amide bonds. The molecule has 4 aromatic rings. The molecule has 0 atom stereocenters. The van der Waals surface area contributed by atoms with Gasteiger partial charge in [-0.05, 0) is 53.0 Å². The summed E-state index contributed by atoms with van der Waals surface area (Å²) in [5.41, 5.74) is 1.03. The van der Waals surface area contributed by atoms with Crippen LogP contribution in [0.15, 0.2) is 50.0 Å². The third kappa shape index (κ3) is 3.56. The molecule has 27 heavy (non-hydrogen) atoms. The summed E-state index contributed by atoms with van der Waals surface area (Å²) in [6.07, 6.45) is 5.86. The summed E-state index contributed by atoms with van der Waals surface area (Å²) >= 11 is 6.58. The lowest BCUT2D eigenvalue weighted by atomic mass is 10.2. The van der Waals surface area contributed by atoms with Crippen LogP contribution in [-0.4, -0.2) is 29.9 Å². The second-order valence-corrected chi connectivity index (χ2v) is 9.44. The van der Waals surface area contributed by atoms with Gasteiger partial charge in [-0.2, -0.15) is 0 Å². The molecule has 0 aromatic carbocycles. The summed E-state index contributed by atoms with van der Waals surface area (Å²) in [6.45, 7) is 0. The van der Waals surface area contributed by atoms with Gasteiger partial charge < -0.3 is 4.42 Å². The van der Waals surface area contributed by atoms with Gasteiger partial charge in [0.25, 0.3) is 5.89 Å². The van der Waals surface area contributed by atoms with E-state index in [1.54, 1.807) is 35.5 Å². The van der Waals surface area contributed by atoms with Gasteiger partial charge in [0.15, 0.2) is 11.0 Å². The molecule has 5 rings (SSSR count). The van der Waals surface area contributed by atoms with Gasteiger partial charge in [-0.1, -0.05) is 11.8 Å². The summed E-state index contributed by atoms with van der Waals surface area (Å²) in [4.78, 5) is 5.03. The molecule has 136 valence electrons. The second kappa shape index (κ2) is 7.17. The number of thioether (sulfide) groups is 1. The van der Waals surface area contributed by atoms with Crippen LogP contribution in [0.5, 0.6) is 0 Å². The molecule has 1 fully saturated rings. The van der Waals surface area contributed by atoms with Crippen LogP contribution in [0.3, 0.4) is 0 Å². The Balaban J connectivity index is 1.36. The predicted molar refractivity (Wildman–Crippen MR) is 106 cm³/mol. The number of hydrogen-bond acceptors (Lipinski definition) is 8. The third-order valence-electron chi connectivity index (χ3n) is 4.09. The summed E-state index contributed by atoms with van der Waals surface area (Å²) in [5.74, 6) is 2.57. The minimum atomic E-state index is 0.465. The van der Waals surface area contributed by atoms with Crippen molar-refractivity contribution in [1.29, 1.82) is 0 Å². The Labute approximate surface area is 171 Å². The standard InChI is InChI=1S/C17H13BrN6OS2/c18-13-4-3-12(27-13)16-22-20-14(25-16)9-26-17-23-21-15(24(17)11-1-2-11)10-5-7-19-8-6-10/h3-8,11H,1-2,9H2. The van der Waals surface area contributed by atoms with E-state index in [2.05, 4.69) is 45.9 Å². The van der Waals surface area contributed by atoms with Crippen LogP contribution in [0.4, 0.5) is 0 Å². The minimum Gasteiger partial charge on any atom is -0.419 e. The van der Waals surface area contributed by atoms with Crippen LogP contribution < -0.4 is 0 Å². The van der Waals surface area contributed by atoms with Gasteiger partial charge in [0.2, 0.25) is 5.89 Å². The first-order valence-electron chi connectivity index (χ1n) is 8.34. The minimum absolute atomic E-state index is 0.465. The zero-order valence-corrected chi connectivity index (χ0v) is 17.2. The van der Waals surface area contributed by atoms with Crippen molar-refractivity contribution in [3.63, 3.8) is 0 Å². The van der Waals surface area contributed by atoms with Crippen LogP contribution in [0, 0.1) is 0 Å². The number of halogens is 1. The van der Waals surface area contributed by atoms with E-state index in [0.29, 0.717) is 23.6 Å². The van der Waals surface area contributed by atoms with Gasteiger partial charge in [-0.3, -0.25) is 9.55 Å². The number of hydrogen-bond donors (Lipinski definition) is 0. The van der Waals surface area contributed by atoms with Crippen LogP contribution in [-0.2, 0) is 5.75 Å². The van der Waals surface area contributed by atoms with Gasteiger partial charge in [-0.25, -0.2) is 0 Å². The molecular weight excluding hydrogens is 448 g/mol. The highest BCUT2D eigenvalue weighted by Gasteiger charge is 2.30. The van der Waals surface area contributed by atoms with E-state index in [1.807, 2.05) is 24.3 Å². The zero-order valence-electron chi connectivity index (χ0n) is 13.9. The maximum Gasteiger partial charge on any atom is 0.257 e. The molecule has 0 N–H and O–H groups in total. The Morgan fingerprint density at radius 2 is 1.96 bits per heavy atom.